The summed E-state index contributed by atoms with van der Waals surface area (Å²) in [5, 5.41) is 6.75. The van der Waals surface area contributed by atoms with Gasteiger partial charge in [-0.05, 0) is 29.3 Å². The van der Waals surface area contributed by atoms with Gasteiger partial charge in [-0.1, -0.05) is 58.0 Å². The van der Waals surface area contributed by atoms with Crippen molar-refractivity contribution in [3.05, 3.63) is 65.9 Å². The average molecular weight is 499 g/mol. The molecule has 0 bridgehead atoms. The highest BCUT2D eigenvalue weighted by atomic mass is 32.2. The Kier molecular flexibility index (Phi) is 8.69. The van der Waals surface area contributed by atoms with Gasteiger partial charge < -0.3 is 15.6 Å². The molecule has 3 rings (SSSR count). The maximum atomic E-state index is 13.1. The fraction of sp³-hybridized carbons (Fsp3) is 0.385. The number of nitrogens with zero attached hydrogens (tertiary/aromatic N) is 1. The van der Waals surface area contributed by atoms with Crippen LogP contribution in [0.1, 0.15) is 38.8 Å². The van der Waals surface area contributed by atoms with E-state index in [4.69, 9.17) is 0 Å². The number of aromatic nitrogens is 1. The summed E-state index contributed by atoms with van der Waals surface area (Å²) >= 11 is 0. The zero-order chi connectivity index (χ0) is 25.6. The van der Waals surface area contributed by atoms with E-state index in [-0.39, 0.29) is 29.2 Å². The molecule has 0 aliphatic rings. The number of sulfonamides is 1. The number of fused-ring (bicyclic) bond motifs is 1. The van der Waals surface area contributed by atoms with Crippen LogP contribution in [0.2, 0.25) is 0 Å². The minimum atomic E-state index is -3.54. The molecule has 1 atom stereocenters. The summed E-state index contributed by atoms with van der Waals surface area (Å²) in [6, 6.07) is 13.6. The number of aromatic amines is 1. The van der Waals surface area contributed by atoms with Crippen LogP contribution in [0.25, 0.3) is 10.9 Å². The average Bonchev–Trinajstić information content (AvgIpc) is 3.25. The summed E-state index contributed by atoms with van der Waals surface area (Å²) in [6.07, 6.45) is 2.21. The summed E-state index contributed by atoms with van der Waals surface area (Å²) < 4.78 is 26.8. The molecule has 0 radical (unpaired) electrons. The highest BCUT2D eigenvalue weighted by Gasteiger charge is 2.24. The van der Waals surface area contributed by atoms with Gasteiger partial charge in [-0.15, -0.1) is 0 Å². The third-order valence-corrected chi connectivity index (χ3v) is 8.05. The van der Waals surface area contributed by atoms with Crippen molar-refractivity contribution >= 4 is 32.7 Å². The molecule has 9 heteroatoms. The minimum Gasteiger partial charge on any atom is -0.361 e. The van der Waals surface area contributed by atoms with Gasteiger partial charge in [0.25, 0.3) is 0 Å². The fourth-order valence-corrected chi connectivity index (χ4v) is 5.33. The highest BCUT2D eigenvalue weighted by molar-refractivity contribution is 7.89. The van der Waals surface area contributed by atoms with Crippen LogP contribution in [0, 0.1) is 5.92 Å². The summed E-state index contributed by atoms with van der Waals surface area (Å²) in [4.78, 5) is 28.9. The number of H-pyrrole nitrogens is 1. The van der Waals surface area contributed by atoms with Crippen LogP contribution in [0.3, 0.4) is 0 Å². The van der Waals surface area contributed by atoms with E-state index in [2.05, 4.69) is 15.6 Å². The zero-order valence-electron chi connectivity index (χ0n) is 20.7. The third kappa shape index (κ3) is 6.29. The monoisotopic (exact) mass is 498 g/mol. The van der Waals surface area contributed by atoms with E-state index in [1.165, 1.54) is 4.31 Å². The van der Waals surface area contributed by atoms with Crippen molar-refractivity contribution in [3.8, 4) is 0 Å². The number of amides is 2. The molecular weight excluding hydrogens is 464 g/mol. The first-order chi connectivity index (χ1) is 16.7. The lowest BCUT2D eigenvalue weighted by Gasteiger charge is -2.20. The van der Waals surface area contributed by atoms with Crippen LogP contribution in [0.5, 0.6) is 0 Å². The van der Waals surface area contributed by atoms with Crippen molar-refractivity contribution in [2.45, 2.75) is 51.6 Å². The molecule has 0 spiro atoms. The molecule has 3 aromatic rings. The maximum absolute atomic E-state index is 13.1. The Labute approximate surface area is 207 Å². The van der Waals surface area contributed by atoms with Crippen LogP contribution in [-0.4, -0.2) is 48.7 Å². The topological polar surface area (TPSA) is 111 Å². The molecule has 1 heterocycles. The molecule has 8 nitrogen and oxygen atoms in total. The molecule has 0 saturated heterocycles. The van der Waals surface area contributed by atoms with Crippen LogP contribution in [-0.2, 0) is 32.6 Å². The van der Waals surface area contributed by atoms with Crippen molar-refractivity contribution in [1.82, 2.24) is 19.9 Å². The van der Waals surface area contributed by atoms with E-state index in [1.54, 1.807) is 52.0 Å². The van der Waals surface area contributed by atoms with Crippen LogP contribution in [0.4, 0.5) is 0 Å². The molecule has 188 valence electrons. The van der Waals surface area contributed by atoms with Crippen molar-refractivity contribution < 1.29 is 18.0 Å². The molecular formula is C26H34N4O4S. The predicted octanol–water partition coefficient (Wildman–Crippen LogP) is 3.20. The summed E-state index contributed by atoms with van der Waals surface area (Å²) in [7, 11) is -3.54. The van der Waals surface area contributed by atoms with Gasteiger partial charge in [-0.25, -0.2) is 8.42 Å². The lowest BCUT2D eigenvalue weighted by atomic mass is 10.0. The third-order valence-electron chi connectivity index (χ3n) is 5.99. The summed E-state index contributed by atoms with van der Waals surface area (Å²) in [5.41, 5.74) is 2.67. The number of hydrogen-bond acceptors (Lipinski definition) is 4. The second-order valence-corrected chi connectivity index (χ2v) is 10.7. The zero-order valence-corrected chi connectivity index (χ0v) is 21.5. The van der Waals surface area contributed by atoms with Gasteiger partial charge in [0, 0.05) is 49.1 Å². The second-order valence-electron chi connectivity index (χ2n) is 8.73. The summed E-state index contributed by atoms with van der Waals surface area (Å²) in [6.45, 7) is 8.18. The molecule has 1 aromatic heterocycles. The molecule has 2 aromatic carbocycles. The van der Waals surface area contributed by atoms with Crippen molar-refractivity contribution in [2.24, 2.45) is 5.92 Å². The molecule has 35 heavy (non-hydrogen) atoms. The fourth-order valence-electron chi connectivity index (χ4n) is 3.87. The van der Waals surface area contributed by atoms with Gasteiger partial charge in [0.05, 0.1) is 4.90 Å². The Hall–Kier alpha value is -3.17. The first kappa shape index (κ1) is 26.4. The number of hydrogen-bond donors (Lipinski definition) is 3. The van der Waals surface area contributed by atoms with Crippen LogP contribution in [0.15, 0.2) is 59.6 Å². The first-order valence-electron chi connectivity index (χ1n) is 11.9. The van der Waals surface area contributed by atoms with Gasteiger partial charge in [0.1, 0.15) is 6.04 Å². The SMILES string of the molecule is CCN(CC)S(=O)(=O)c1ccc(CNC(=O)C(Cc2c[nH]c3ccccc23)NC(=O)C(C)C)cc1. The number of nitrogens with one attached hydrogen (secondary N) is 3. The molecule has 3 N–H and O–H groups in total. The molecule has 1 unspecified atom stereocenters. The van der Waals surface area contributed by atoms with E-state index in [0.29, 0.717) is 19.5 Å². The van der Waals surface area contributed by atoms with Crippen LogP contribution < -0.4 is 10.6 Å². The second kappa shape index (κ2) is 11.5. The first-order valence-corrected chi connectivity index (χ1v) is 13.3. The number of carbonyl (C=O) groups excluding carboxylic acids is 2. The van der Waals surface area contributed by atoms with Crippen LogP contribution >= 0.6 is 0 Å². The summed E-state index contributed by atoms with van der Waals surface area (Å²) in [5.74, 6) is -0.756. The van der Waals surface area contributed by atoms with Crippen molar-refractivity contribution in [3.63, 3.8) is 0 Å². The van der Waals surface area contributed by atoms with E-state index in [9.17, 15) is 18.0 Å². The normalized spacial score (nSPS) is 12.7. The molecule has 0 aliphatic carbocycles. The van der Waals surface area contributed by atoms with Crippen molar-refractivity contribution in [1.29, 1.82) is 0 Å². The van der Waals surface area contributed by atoms with Gasteiger partial charge in [0.2, 0.25) is 21.8 Å². The Bertz CT molecular complexity index is 1260. The number of rotatable bonds is 11. The molecule has 0 fully saturated rings. The standard InChI is InChI=1S/C26H34N4O4S/c1-5-30(6-2)35(33,34)21-13-11-19(12-14-21)16-28-26(32)24(29-25(31)18(3)4)15-20-17-27-23-10-8-7-9-22(20)23/h7-14,17-18,24,27H,5-6,15-16H2,1-4H3,(H,28,32)(H,29,31). The van der Waals surface area contributed by atoms with E-state index < -0.39 is 16.1 Å². The maximum Gasteiger partial charge on any atom is 0.243 e. The molecule has 0 aliphatic heterocycles. The molecule has 0 saturated carbocycles. The smallest absolute Gasteiger partial charge is 0.243 e. The van der Waals surface area contributed by atoms with E-state index in [1.807, 2.05) is 30.5 Å². The Morgan fingerprint density at radius 1 is 0.971 bits per heavy atom. The Morgan fingerprint density at radius 2 is 1.63 bits per heavy atom. The van der Waals surface area contributed by atoms with Crippen molar-refractivity contribution in [2.75, 3.05) is 13.1 Å². The Balaban J connectivity index is 1.72. The lowest BCUT2D eigenvalue weighted by molar-refractivity contribution is -0.130. The Morgan fingerprint density at radius 3 is 2.26 bits per heavy atom. The minimum absolute atomic E-state index is 0.198. The van der Waals surface area contributed by atoms with E-state index in [0.717, 1.165) is 22.0 Å². The van der Waals surface area contributed by atoms with Gasteiger partial charge in [0.15, 0.2) is 0 Å². The largest absolute Gasteiger partial charge is 0.361 e. The predicted molar refractivity (Wildman–Crippen MR) is 137 cm³/mol. The van der Waals surface area contributed by atoms with E-state index >= 15 is 0 Å². The molecule has 2 amide bonds. The number of benzene rings is 2. The van der Waals surface area contributed by atoms with Gasteiger partial charge >= 0.3 is 0 Å². The van der Waals surface area contributed by atoms with Gasteiger partial charge in [-0.3, -0.25) is 9.59 Å². The highest BCUT2D eigenvalue weighted by Crippen LogP contribution is 2.20. The van der Waals surface area contributed by atoms with Gasteiger partial charge in [-0.2, -0.15) is 4.31 Å². The number of carbonyl (C=O) groups is 2. The lowest BCUT2D eigenvalue weighted by Crippen LogP contribution is -2.48. The number of para-hydroxylation sites is 1. The quantitative estimate of drug-likeness (QED) is 0.377.